The maximum absolute atomic E-state index is 5.43. The van der Waals surface area contributed by atoms with Gasteiger partial charge in [-0.15, -0.1) is 0 Å². The van der Waals surface area contributed by atoms with Crippen molar-refractivity contribution in [3.63, 3.8) is 0 Å². The van der Waals surface area contributed by atoms with E-state index in [0.717, 1.165) is 18.8 Å². The number of nitrogens with one attached hydrogen (secondary N) is 1. The molecule has 0 saturated carbocycles. The Morgan fingerprint density at radius 3 is 3.05 bits per heavy atom. The molecule has 0 bridgehead atoms. The second kappa shape index (κ2) is 5.45. The molecule has 1 atom stereocenters. The number of methoxy groups -OCH3 is 1. The summed E-state index contributed by atoms with van der Waals surface area (Å²) in [4.78, 5) is 2.49. The zero-order valence-electron chi connectivity index (χ0n) is 11.2. The lowest BCUT2D eigenvalue weighted by Gasteiger charge is -2.24. The molecule has 1 aliphatic heterocycles. The summed E-state index contributed by atoms with van der Waals surface area (Å²) in [5, 5.41) is 7.17. The van der Waals surface area contributed by atoms with Crippen molar-refractivity contribution >= 4 is 0 Å². The number of ether oxygens (including phenoxy) is 1. The van der Waals surface area contributed by atoms with Crippen molar-refractivity contribution in [1.82, 2.24) is 15.1 Å². The highest BCUT2D eigenvalue weighted by atomic mass is 16.5. The van der Waals surface area contributed by atoms with Crippen LogP contribution in [0.2, 0.25) is 0 Å². The third kappa shape index (κ3) is 2.49. The molecule has 1 aromatic heterocycles. The van der Waals surface area contributed by atoms with Gasteiger partial charge in [-0.1, -0.05) is 18.2 Å². The summed E-state index contributed by atoms with van der Waals surface area (Å²) in [5.74, 6) is 0.970. The van der Waals surface area contributed by atoms with E-state index in [-0.39, 0.29) is 0 Å². The number of rotatable bonds is 4. The number of hydrogen-bond donors (Lipinski definition) is 1. The summed E-state index contributed by atoms with van der Waals surface area (Å²) in [5.41, 5.74) is 2.46. The monoisotopic (exact) mass is 257 g/mol. The highest BCUT2D eigenvalue weighted by Crippen LogP contribution is 2.33. The van der Waals surface area contributed by atoms with Gasteiger partial charge in [-0.25, -0.2) is 0 Å². The topological polar surface area (TPSA) is 41.1 Å². The first-order valence-corrected chi connectivity index (χ1v) is 6.73. The fraction of sp³-hybridized carbons (Fsp3) is 0.400. The average molecular weight is 257 g/mol. The SMILES string of the molecule is COc1ccccc1CN1CCCC1c1ccn[nH]1. The molecule has 1 saturated heterocycles. The lowest BCUT2D eigenvalue weighted by atomic mass is 10.1. The van der Waals surface area contributed by atoms with E-state index in [1.807, 2.05) is 18.3 Å². The molecule has 100 valence electrons. The normalized spacial score (nSPS) is 19.7. The van der Waals surface area contributed by atoms with E-state index in [4.69, 9.17) is 4.74 Å². The molecule has 1 aromatic carbocycles. The van der Waals surface area contributed by atoms with Crippen LogP contribution in [0.1, 0.15) is 30.1 Å². The van der Waals surface area contributed by atoms with Gasteiger partial charge in [0.2, 0.25) is 0 Å². The molecule has 3 rings (SSSR count). The molecule has 1 fully saturated rings. The Morgan fingerprint density at radius 2 is 2.26 bits per heavy atom. The molecule has 19 heavy (non-hydrogen) atoms. The number of benzene rings is 1. The number of aromatic nitrogens is 2. The second-order valence-electron chi connectivity index (χ2n) is 4.95. The molecule has 4 heteroatoms. The summed E-state index contributed by atoms with van der Waals surface area (Å²) in [7, 11) is 1.73. The number of para-hydroxylation sites is 1. The Labute approximate surface area is 113 Å². The third-order valence-corrected chi connectivity index (χ3v) is 3.81. The van der Waals surface area contributed by atoms with E-state index >= 15 is 0 Å². The van der Waals surface area contributed by atoms with Crippen LogP contribution in [0, 0.1) is 0 Å². The lowest BCUT2D eigenvalue weighted by molar-refractivity contribution is 0.240. The molecular formula is C15H19N3O. The van der Waals surface area contributed by atoms with Gasteiger partial charge < -0.3 is 4.74 Å². The first-order valence-electron chi connectivity index (χ1n) is 6.73. The van der Waals surface area contributed by atoms with E-state index in [9.17, 15) is 0 Å². The van der Waals surface area contributed by atoms with Crippen LogP contribution in [0.4, 0.5) is 0 Å². The Balaban J connectivity index is 1.78. The number of likely N-dealkylation sites (tertiary alicyclic amines) is 1. The van der Waals surface area contributed by atoms with Gasteiger partial charge in [-0.05, 0) is 31.5 Å². The smallest absolute Gasteiger partial charge is 0.123 e. The average Bonchev–Trinajstić information content (AvgIpc) is 3.09. The molecule has 4 nitrogen and oxygen atoms in total. The van der Waals surface area contributed by atoms with Gasteiger partial charge >= 0.3 is 0 Å². The van der Waals surface area contributed by atoms with Crippen LogP contribution < -0.4 is 4.74 Å². The van der Waals surface area contributed by atoms with Crippen molar-refractivity contribution in [2.24, 2.45) is 0 Å². The quantitative estimate of drug-likeness (QED) is 0.915. The molecule has 0 aliphatic carbocycles. The molecule has 1 unspecified atom stereocenters. The Morgan fingerprint density at radius 1 is 1.37 bits per heavy atom. The molecule has 0 amide bonds. The number of hydrogen-bond acceptors (Lipinski definition) is 3. The number of nitrogens with zero attached hydrogens (tertiary/aromatic N) is 2. The molecular weight excluding hydrogens is 238 g/mol. The van der Waals surface area contributed by atoms with E-state index < -0.39 is 0 Å². The maximum Gasteiger partial charge on any atom is 0.123 e. The largest absolute Gasteiger partial charge is 0.496 e. The Bertz CT molecular complexity index is 524. The van der Waals surface area contributed by atoms with E-state index in [2.05, 4.69) is 33.3 Å². The van der Waals surface area contributed by atoms with Crippen LogP contribution in [0.25, 0.3) is 0 Å². The molecule has 1 aliphatic rings. The first-order chi connectivity index (χ1) is 9.38. The minimum absolute atomic E-state index is 0.451. The van der Waals surface area contributed by atoms with Gasteiger partial charge in [0.25, 0.3) is 0 Å². The maximum atomic E-state index is 5.43. The fourth-order valence-electron chi connectivity index (χ4n) is 2.87. The minimum atomic E-state index is 0.451. The van der Waals surface area contributed by atoms with Crippen LogP contribution in [0.3, 0.4) is 0 Å². The summed E-state index contributed by atoms with van der Waals surface area (Å²) >= 11 is 0. The number of aromatic amines is 1. The van der Waals surface area contributed by atoms with Crippen molar-refractivity contribution in [3.05, 3.63) is 47.8 Å². The van der Waals surface area contributed by atoms with Crippen LogP contribution in [0.5, 0.6) is 5.75 Å². The fourth-order valence-corrected chi connectivity index (χ4v) is 2.87. The highest BCUT2D eigenvalue weighted by Gasteiger charge is 2.27. The van der Waals surface area contributed by atoms with Crippen LogP contribution >= 0.6 is 0 Å². The van der Waals surface area contributed by atoms with Crippen molar-refractivity contribution in [2.75, 3.05) is 13.7 Å². The van der Waals surface area contributed by atoms with Gasteiger partial charge in [0, 0.05) is 18.3 Å². The van der Waals surface area contributed by atoms with Crippen molar-refractivity contribution in [1.29, 1.82) is 0 Å². The van der Waals surface area contributed by atoms with Crippen LogP contribution in [0.15, 0.2) is 36.5 Å². The van der Waals surface area contributed by atoms with E-state index in [1.165, 1.54) is 24.1 Å². The molecule has 2 heterocycles. The molecule has 1 N–H and O–H groups in total. The van der Waals surface area contributed by atoms with Gasteiger partial charge in [0.05, 0.1) is 18.8 Å². The van der Waals surface area contributed by atoms with Crippen LogP contribution in [-0.2, 0) is 6.54 Å². The van der Waals surface area contributed by atoms with Crippen molar-refractivity contribution in [3.8, 4) is 5.75 Å². The Hall–Kier alpha value is -1.81. The van der Waals surface area contributed by atoms with E-state index in [0.29, 0.717) is 6.04 Å². The van der Waals surface area contributed by atoms with Crippen molar-refractivity contribution in [2.45, 2.75) is 25.4 Å². The molecule has 0 radical (unpaired) electrons. The summed E-state index contributed by atoms with van der Waals surface area (Å²) in [6.07, 6.45) is 4.26. The first kappa shape index (κ1) is 12.2. The predicted molar refractivity (Wildman–Crippen MR) is 74.0 cm³/mol. The van der Waals surface area contributed by atoms with Crippen molar-refractivity contribution < 1.29 is 4.74 Å². The standard InChI is InChI=1S/C15H19N3O/c1-19-15-7-3-2-5-12(15)11-18-10-4-6-14(18)13-8-9-16-17-13/h2-3,5,7-9,14H,4,6,10-11H2,1H3,(H,16,17). The number of H-pyrrole nitrogens is 1. The summed E-state index contributed by atoms with van der Waals surface area (Å²) < 4.78 is 5.43. The van der Waals surface area contributed by atoms with Gasteiger partial charge in [-0.2, -0.15) is 5.10 Å². The molecule has 2 aromatic rings. The van der Waals surface area contributed by atoms with E-state index in [1.54, 1.807) is 7.11 Å². The Kier molecular flexibility index (Phi) is 3.51. The van der Waals surface area contributed by atoms with Gasteiger partial charge in [0.1, 0.15) is 5.75 Å². The zero-order valence-corrected chi connectivity index (χ0v) is 11.2. The van der Waals surface area contributed by atoms with Gasteiger partial charge in [0.15, 0.2) is 0 Å². The zero-order chi connectivity index (χ0) is 13.1. The minimum Gasteiger partial charge on any atom is -0.496 e. The lowest BCUT2D eigenvalue weighted by Crippen LogP contribution is -2.23. The summed E-state index contributed by atoms with van der Waals surface area (Å²) in [6.45, 7) is 2.05. The molecule has 0 spiro atoms. The van der Waals surface area contributed by atoms with Crippen LogP contribution in [-0.4, -0.2) is 28.8 Å². The second-order valence-corrected chi connectivity index (χ2v) is 4.95. The summed E-state index contributed by atoms with van der Waals surface area (Å²) in [6, 6.07) is 10.8. The highest BCUT2D eigenvalue weighted by molar-refractivity contribution is 5.33. The predicted octanol–water partition coefficient (Wildman–Crippen LogP) is 2.76. The van der Waals surface area contributed by atoms with Gasteiger partial charge in [-0.3, -0.25) is 10.00 Å². The third-order valence-electron chi connectivity index (χ3n) is 3.81.